The highest BCUT2D eigenvalue weighted by atomic mass is 127. The van der Waals surface area contributed by atoms with Crippen LogP contribution in [0.1, 0.15) is 37.9 Å². The molecule has 180 valence electrons. The van der Waals surface area contributed by atoms with Crippen molar-refractivity contribution in [2.24, 2.45) is 18.0 Å². The van der Waals surface area contributed by atoms with Crippen LogP contribution in [0, 0.1) is 5.92 Å². The van der Waals surface area contributed by atoms with Crippen LogP contribution in [0.25, 0.3) is 0 Å². The first-order chi connectivity index (χ1) is 15.1. The lowest BCUT2D eigenvalue weighted by molar-refractivity contribution is -0.139. The second-order valence-electron chi connectivity index (χ2n) is 8.78. The van der Waals surface area contributed by atoms with Gasteiger partial charge in [0.1, 0.15) is 6.10 Å². The fourth-order valence-electron chi connectivity index (χ4n) is 4.48. The zero-order valence-electron chi connectivity index (χ0n) is 19.4. The Morgan fingerprint density at radius 1 is 1.22 bits per heavy atom. The summed E-state index contributed by atoms with van der Waals surface area (Å²) in [5.41, 5.74) is 1.11. The van der Waals surface area contributed by atoms with Crippen LogP contribution in [0.4, 0.5) is 0 Å². The molecule has 1 amide bonds. The van der Waals surface area contributed by atoms with Crippen LogP contribution in [0.15, 0.2) is 17.4 Å². The maximum Gasteiger partial charge on any atom is 0.225 e. The molecular formula is C22H38IN7O2. The second kappa shape index (κ2) is 12.2. The number of nitrogens with zero attached hydrogens (tertiary/aromatic N) is 6. The van der Waals surface area contributed by atoms with E-state index in [1.54, 1.807) is 0 Å². The van der Waals surface area contributed by atoms with Crippen molar-refractivity contribution in [2.75, 3.05) is 65.5 Å². The topological polar surface area (TPSA) is 78.2 Å². The predicted molar refractivity (Wildman–Crippen MR) is 135 cm³/mol. The molecule has 1 saturated carbocycles. The number of aryl methyl sites for hydroxylation is 1. The molecule has 1 aromatic rings. The summed E-state index contributed by atoms with van der Waals surface area (Å²) < 4.78 is 7.79. The number of hydrogen-bond acceptors (Lipinski definition) is 5. The first-order valence-corrected chi connectivity index (χ1v) is 11.8. The number of nitrogens with one attached hydrogen (secondary N) is 1. The highest BCUT2D eigenvalue weighted by Gasteiger charge is 2.31. The van der Waals surface area contributed by atoms with Crippen LogP contribution in [0.5, 0.6) is 0 Å². The number of morpholine rings is 1. The monoisotopic (exact) mass is 559 g/mol. The van der Waals surface area contributed by atoms with Crippen LogP contribution < -0.4 is 5.32 Å². The van der Waals surface area contributed by atoms with Crippen molar-refractivity contribution in [1.82, 2.24) is 29.8 Å². The van der Waals surface area contributed by atoms with Crippen LogP contribution in [-0.2, 0) is 16.6 Å². The molecule has 10 heteroatoms. The lowest BCUT2D eigenvalue weighted by Crippen LogP contribution is -2.51. The lowest BCUT2D eigenvalue weighted by Gasteiger charge is -2.38. The zero-order chi connectivity index (χ0) is 21.6. The molecule has 2 aliphatic heterocycles. The Kier molecular flexibility index (Phi) is 9.60. The minimum atomic E-state index is 0. The van der Waals surface area contributed by atoms with Crippen LogP contribution in [0.3, 0.4) is 0 Å². The number of carbonyl (C=O) groups is 1. The first kappa shape index (κ1) is 25.2. The molecule has 1 aliphatic carbocycles. The van der Waals surface area contributed by atoms with Gasteiger partial charge in [-0.05, 0) is 19.8 Å². The van der Waals surface area contributed by atoms with E-state index in [1.807, 2.05) is 24.1 Å². The molecule has 0 spiro atoms. The van der Waals surface area contributed by atoms with Gasteiger partial charge in [-0.1, -0.05) is 6.42 Å². The third kappa shape index (κ3) is 6.34. The van der Waals surface area contributed by atoms with E-state index in [2.05, 4.69) is 32.0 Å². The van der Waals surface area contributed by atoms with Gasteiger partial charge in [-0.3, -0.25) is 19.4 Å². The largest absolute Gasteiger partial charge is 0.370 e. The Morgan fingerprint density at radius 3 is 2.62 bits per heavy atom. The summed E-state index contributed by atoms with van der Waals surface area (Å²) in [6, 6.07) is 0. The van der Waals surface area contributed by atoms with Crippen LogP contribution in [-0.4, -0.2) is 102 Å². The molecule has 9 nitrogen and oxygen atoms in total. The Bertz CT molecular complexity index is 759. The molecule has 1 atom stereocenters. The number of guanidine groups is 1. The highest BCUT2D eigenvalue weighted by Crippen LogP contribution is 2.28. The summed E-state index contributed by atoms with van der Waals surface area (Å²) in [6.45, 7) is 10.5. The molecule has 3 heterocycles. The number of piperazine rings is 1. The molecule has 0 aromatic carbocycles. The molecule has 3 fully saturated rings. The van der Waals surface area contributed by atoms with Crippen LogP contribution in [0.2, 0.25) is 0 Å². The van der Waals surface area contributed by atoms with E-state index in [4.69, 9.17) is 9.73 Å². The first-order valence-electron chi connectivity index (χ1n) is 11.8. The van der Waals surface area contributed by atoms with E-state index in [1.165, 1.54) is 6.42 Å². The molecule has 0 radical (unpaired) electrons. The number of rotatable bonds is 6. The zero-order valence-corrected chi connectivity index (χ0v) is 21.7. The number of aromatic nitrogens is 2. The Balaban J connectivity index is 0.00000289. The highest BCUT2D eigenvalue weighted by molar-refractivity contribution is 14.0. The normalized spacial score (nSPS) is 22.9. The van der Waals surface area contributed by atoms with Crippen molar-refractivity contribution in [2.45, 2.75) is 32.3 Å². The van der Waals surface area contributed by atoms with Gasteiger partial charge in [-0.15, -0.1) is 24.0 Å². The van der Waals surface area contributed by atoms with Crippen molar-refractivity contribution in [3.63, 3.8) is 0 Å². The summed E-state index contributed by atoms with van der Waals surface area (Å²) in [4.78, 5) is 24.1. The minimum Gasteiger partial charge on any atom is -0.370 e. The molecule has 4 rings (SSSR count). The molecule has 3 aliphatic rings. The summed E-state index contributed by atoms with van der Waals surface area (Å²) >= 11 is 0. The van der Waals surface area contributed by atoms with Gasteiger partial charge in [0.15, 0.2) is 5.96 Å². The van der Waals surface area contributed by atoms with E-state index >= 15 is 0 Å². The number of amides is 1. The number of halogens is 1. The van der Waals surface area contributed by atoms with Gasteiger partial charge in [0.25, 0.3) is 0 Å². The number of aliphatic imine (C=N–C) groups is 1. The van der Waals surface area contributed by atoms with E-state index < -0.39 is 0 Å². The van der Waals surface area contributed by atoms with E-state index in [-0.39, 0.29) is 30.1 Å². The maximum absolute atomic E-state index is 12.4. The summed E-state index contributed by atoms with van der Waals surface area (Å²) in [5, 5.41) is 7.72. The van der Waals surface area contributed by atoms with Crippen molar-refractivity contribution in [3.8, 4) is 0 Å². The van der Waals surface area contributed by atoms with Gasteiger partial charge in [-0.2, -0.15) is 5.10 Å². The average Bonchev–Trinajstić information content (AvgIpc) is 3.19. The molecule has 1 unspecified atom stereocenters. The smallest absolute Gasteiger partial charge is 0.225 e. The SMILES string of the molecule is CCNC(=NCCN1CCN(C(=O)C2CCC2)CC1)N1CCOC(c2cnn(C)c2)C1.I. The van der Waals surface area contributed by atoms with Crippen molar-refractivity contribution in [1.29, 1.82) is 0 Å². The third-order valence-electron chi connectivity index (χ3n) is 6.61. The van der Waals surface area contributed by atoms with Gasteiger partial charge in [0.05, 0.1) is 25.9 Å². The molecule has 2 saturated heterocycles. The van der Waals surface area contributed by atoms with Gasteiger partial charge in [-0.25, -0.2) is 0 Å². The summed E-state index contributed by atoms with van der Waals surface area (Å²) in [5.74, 6) is 1.65. The van der Waals surface area contributed by atoms with Gasteiger partial charge in [0, 0.05) is 70.5 Å². The number of carbonyl (C=O) groups excluding carboxylic acids is 1. The Hall–Kier alpha value is -1.40. The fraction of sp³-hybridized carbons (Fsp3) is 0.773. The molecule has 1 aromatic heterocycles. The predicted octanol–water partition coefficient (Wildman–Crippen LogP) is 1.32. The van der Waals surface area contributed by atoms with Crippen molar-refractivity contribution >= 4 is 35.8 Å². The van der Waals surface area contributed by atoms with Gasteiger partial charge < -0.3 is 19.9 Å². The van der Waals surface area contributed by atoms with Crippen LogP contribution >= 0.6 is 24.0 Å². The number of ether oxygens (including phenoxy) is 1. The number of hydrogen-bond donors (Lipinski definition) is 1. The standard InChI is InChI=1S/C22H37N7O2.HI/c1-3-23-22(29-13-14-31-20(17-29)19-15-25-26(2)16-19)24-7-8-27-9-11-28(12-10-27)21(30)18-5-4-6-18;/h15-16,18,20H,3-14,17H2,1-2H3,(H,23,24);1H. The quantitative estimate of drug-likeness (QED) is 0.322. The second-order valence-corrected chi connectivity index (χ2v) is 8.78. The Labute approximate surface area is 208 Å². The van der Waals surface area contributed by atoms with Gasteiger partial charge in [0.2, 0.25) is 5.91 Å². The fourth-order valence-corrected chi connectivity index (χ4v) is 4.48. The average molecular weight is 559 g/mol. The molecular weight excluding hydrogens is 521 g/mol. The molecule has 1 N–H and O–H groups in total. The lowest BCUT2D eigenvalue weighted by atomic mass is 9.84. The Morgan fingerprint density at radius 2 is 2.00 bits per heavy atom. The maximum atomic E-state index is 12.4. The van der Waals surface area contributed by atoms with Crippen molar-refractivity contribution in [3.05, 3.63) is 18.0 Å². The van der Waals surface area contributed by atoms with E-state index in [0.29, 0.717) is 18.4 Å². The van der Waals surface area contributed by atoms with Gasteiger partial charge >= 0.3 is 0 Å². The molecule has 0 bridgehead atoms. The molecule has 32 heavy (non-hydrogen) atoms. The van der Waals surface area contributed by atoms with Crippen molar-refractivity contribution < 1.29 is 9.53 Å². The van der Waals surface area contributed by atoms with E-state index in [9.17, 15) is 4.79 Å². The van der Waals surface area contributed by atoms with E-state index in [0.717, 1.165) is 83.3 Å². The summed E-state index contributed by atoms with van der Waals surface area (Å²) in [7, 11) is 1.93. The third-order valence-corrected chi connectivity index (χ3v) is 6.61. The summed E-state index contributed by atoms with van der Waals surface area (Å²) in [6.07, 6.45) is 7.32. The minimum absolute atomic E-state index is 0.